The van der Waals surface area contributed by atoms with Gasteiger partial charge in [-0.15, -0.1) is 0 Å². The number of carboxylic acids is 1. The Bertz CT molecular complexity index is 1350. The normalized spacial score (nSPS) is 12.8. The molecule has 7 heteroatoms. The highest BCUT2D eigenvalue weighted by atomic mass is 19.1. The van der Waals surface area contributed by atoms with Gasteiger partial charge in [0.05, 0.1) is 29.8 Å². The van der Waals surface area contributed by atoms with E-state index in [9.17, 15) is 18.8 Å². The second-order valence-electron chi connectivity index (χ2n) is 8.00. The van der Waals surface area contributed by atoms with Gasteiger partial charge in [-0.05, 0) is 49.4 Å². The number of hydrogen-bond donors (Lipinski definition) is 1. The standard InChI is InChI=1S/C26H22FNO5/c1-4-33-24-17-8-6-5-7-16(17)18(11-14(2)3)22-23(24)26(32)28(25(22)31)20-10-9-15(12-19(20)27)13-21(29)30/h5-12H,4,13H2,1-3H3,(H,29,30). The van der Waals surface area contributed by atoms with Gasteiger partial charge in [-0.25, -0.2) is 9.29 Å². The van der Waals surface area contributed by atoms with Gasteiger partial charge in [0.1, 0.15) is 11.6 Å². The molecule has 1 aliphatic heterocycles. The summed E-state index contributed by atoms with van der Waals surface area (Å²) in [5, 5.41) is 10.4. The van der Waals surface area contributed by atoms with E-state index in [0.29, 0.717) is 10.9 Å². The number of halogens is 1. The van der Waals surface area contributed by atoms with Gasteiger partial charge in [0.25, 0.3) is 11.8 Å². The van der Waals surface area contributed by atoms with Gasteiger partial charge in [0, 0.05) is 5.39 Å². The smallest absolute Gasteiger partial charge is 0.307 e. The van der Waals surface area contributed by atoms with Crippen LogP contribution in [-0.4, -0.2) is 29.5 Å². The largest absolute Gasteiger partial charge is 0.492 e. The topological polar surface area (TPSA) is 83.9 Å². The minimum atomic E-state index is -1.11. The number of hydrogen-bond acceptors (Lipinski definition) is 4. The second-order valence-corrected chi connectivity index (χ2v) is 8.00. The molecule has 1 aliphatic rings. The van der Waals surface area contributed by atoms with Gasteiger partial charge in [-0.3, -0.25) is 14.4 Å². The van der Waals surface area contributed by atoms with Crippen molar-refractivity contribution in [2.24, 2.45) is 0 Å². The number of benzene rings is 3. The Morgan fingerprint density at radius 1 is 1.06 bits per heavy atom. The number of carbonyl (C=O) groups is 3. The number of fused-ring (bicyclic) bond motifs is 2. The molecule has 6 nitrogen and oxygen atoms in total. The fourth-order valence-corrected chi connectivity index (χ4v) is 4.14. The highest BCUT2D eigenvalue weighted by Gasteiger charge is 2.43. The van der Waals surface area contributed by atoms with Crippen molar-refractivity contribution < 1.29 is 28.6 Å². The number of carbonyl (C=O) groups excluding carboxylic acids is 2. The molecule has 0 radical (unpaired) electrons. The van der Waals surface area contributed by atoms with Crippen LogP contribution in [0.1, 0.15) is 52.6 Å². The fourth-order valence-electron chi connectivity index (χ4n) is 4.14. The summed E-state index contributed by atoms with van der Waals surface area (Å²) in [6.45, 7) is 5.83. The van der Waals surface area contributed by atoms with E-state index in [-0.39, 0.29) is 41.2 Å². The van der Waals surface area contributed by atoms with Crippen LogP contribution in [0.15, 0.2) is 48.0 Å². The number of anilines is 1. The summed E-state index contributed by atoms with van der Waals surface area (Å²) in [5.74, 6) is -3.01. The van der Waals surface area contributed by atoms with Crippen molar-refractivity contribution in [1.29, 1.82) is 0 Å². The molecule has 1 heterocycles. The molecule has 0 saturated heterocycles. The highest BCUT2D eigenvalue weighted by molar-refractivity contribution is 6.38. The molecule has 168 valence electrons. The lowest BCUT2D eigenvalue weighted by Gasteiger charge is -2.15. The van der Waals surface area contributed by atoms with Crippen LogP contribution >= 0.6 is 0 Å². The van der Waals surface area contributed by atoms with Gasteiger partial charge in [-0.1, -0.05) is 42.0 Å². The van der Waals surface area contributed by atoms with E-state index < -0.39 is 23.6 Å². The third kappa shape index (κ3) is 3.75. The SMILES string of the molecule is CCOc1c2c(c(C=C(C)C)c3ccccc13)C(=O)N(c1ccc(CC(=O)O)cc1F)C2=O. The van der Waals surface area contributed by atoms with Crippen molar-refractivity contribution in [2.45, 2.75) is 27.2 Å². The Hall–Kier alpha value is -4.00. The first kappa shape index (κ1) is 22.2. The van der Waals surface area contributed by atoms with E-state index in [2.05, 4.69) is 0 Å². The second kappa shape index (κ2) is 8.50. The molecule has 0 aromatic heterocycles. The summed E-state index contributed by atoms with van der Waals surface area (Å²) < 4.78 is 20.8. The first-order valence-electron chi connectivity index (χ1n) is 10.5. The lowest BCUT2D eigenvalue weighted by Crippen LogP contribution is -2.30. The number of amides is 2. The van der Waals surface area contributed by atoms with Crippen LogP contribution in [0.3, 0.4) is 0 Å². The van der Waals surface area contributed by atoms with Gasteiger partial charge in [-0.2, -0.15) is 0 Å². The van der Waals surface area contributed by atoms with Crippen molar-refractivity contribution in [3.8, 4) is 5.75 Å². The van der Waals surface area contributed by atoms with Crippen LogP contribution in [0, 0.1) is 5.82 Å². The molecular weight excluding hydrogens is 425 g/mol. The number of ether oxygens (including phenoxy) is 1. The molecular formula is C26H22FNO5. The van der Waals surface area contributed by atoms with E-state index in [1.54, 1.807) is 6.92 Å². The zero-order chi connectivity index (χ0) is 23.9. The molecule has 33 heavy (non-hydrogen) atoms. The lowest BCUT2D eigenvalue weighted by molar-refractivity contribution is -0.136. The van der Waals surface area contributed by atoms with Gasteiger partial charge >= 0.3 is 5.97 Å². The summed E-state index contributed by atoms with van der Waals surface area (Å²) in [5.41, 5.74) is 1.76. The molecule has 4 rings (SSSR count). The van der Waals surface area contributed by atoms with Crippen molar-refractivity contribution in [3.63, 3.8) is 0 Å². The monoisotopic (exact) mass is 447 g/mol. The third-order valence-corrected chi connectivity index (χ3v) is 5.37. The van der Waals surface area contributed by atoms with Crippen molar-refractivity contribution in [3.05, 3.63) is 76.1 Å². The van der Waals surface area contributed by atoms with Crippen LogP contribution in [0.2, 0.25) is 0 Å². The molecule has 3 aromatic carbocycles. The van der Waals surface area contributed by atoms with E-state index in [1.165, 1.54) is 12.1 Å². The van der Waals surface area contributed by atoms with Crippen LogP contribution in [0.25, 0.3) is 16.8 Å². The lowest BCUT2D eigenvalue weighted by atomic mass is 9.92. The summed E-state index contributed by atoms with van der Waals surface area (Å²) in [4.78, 5) is 38.9. The quantitative estimate of drug-likeness (QED) is 0.523. The predicted octanol–water partition coefficient (Wildman–Crippen LogP) is 5.23. The predicted molar refractivity (Wildman–Crippen MR) is 123 cm³/mol. The van der Waals surface area contributed by atoms with E-state index in [0.717, 1.165) is 21.9 Å². The first-order valence-corrected chi connectivity index (χ1v) is 10.5. The summed E-state index contributed by atoms with van der Waals surface area (Å²) in [7, 11) is 0. The number of allylic oxidation sites excluding steroid dienone is 1. The average Bonchev–Trinajstić information content (AvgIpc) is 3.00. The maximum Gasteiger partial charge on any atom is 0.307 e. The molecule has 1 N–H and O–H groups in total. The van der Waals surface area contributed by atoms with E-state index >= 15 is 0 Å². The van der Waals surface area contributed by atoms with E-state index in [4.69, 9.17) is 9.84 Å². The van der Waals surface area contributed by atoms with Crippen molar-refractivity contribution in [1.82, 2.24) is 0 Å². The maximum atomic E-state index is 15.0. The van der Waals surface area contributed by atoms with Crippen LogP contribution in [0.5, 0.6) is 5.75 Å². The summed E-state index contributed by atoms with van der Waals surface area (Å²) >= 11 is 0. The minimum Gasteiger partial charge on any atom is -0.492 e. The molecule has 3 aromatic rings. The molecule has 0 bridgehead atoms. The number of carboxylic acid groups (broad SMARTS) is 1. The Labute approximate surface area is 189 Å². The van der Waals surface area contributed by atoms with Gasteiger partial charge in [0.15, 0.2) is 0 Å². The minimum absolute atomic E-state index is 0.0991. The summed E-state index contributed by atoms with van der Waals surface area (Å²) in [6, 6.07) is 11.0. The Morgan fingerprint density at radius 2 is 1.73 bits per heavy atom. The molecule has 0 atom stereocenters. The molecule has 0 unspecified atom stereocenters. The molecule has 0 spiro atoms. The number of rotatable bonds is 6. The first-order chi connectivity index (χ1) is 15.7. The van der Waals surface area contributed by atoms with Gasteiger partial charge < -0.3 is 9.84 Å². The van der Waals surface area contributed by atoms with Crippen LogP contribution in [-0.2, 0) is 11.2 Å². The Morgan fingerprint density at radius 3 is 2.33 bits per heavy atom. The van der Waals surface area contributed by atoms with Crippen LogP contribution < -0.4 is 9.64 Å². The Kier molecular flexibility index (Phi) is 5.72. The third-order valence-electron chi connectivity index (χ3n) is 5.37. The average molecular weight is 447 g/mol. The Balaban J connectivity index is 1.98. The molecule has 2 amide bonds. The maximum absolute atomic E-state index is 15.0. The highest BCUT2D eigenvalue weighted by Crippen LogP contribution is 2.43. The molecule has 0 fully saturated rings. The molecule has 0 saturated carbocycles. The fraction of sp³-hybridized carbons (Fsp3) is 0.192. The van der Waals surface area contributed by atoms with Gasteiger partial charge in [0.2, 0.25) is 0 Å². The van der Waals surface area contributed by atoms with Crippen molar-refractivity contribution in [2.75, 3.05) is 11.5 Å². The van der Waals surface area contributed by atoms with Crippen molar-refractivity contribution >= 4 is 40.3 Å². The van der Waals surface area contributed by atoms with E-state index in [1.807, 2.05) is 44.2 Å². The zero-order valence-corrected chi connectivity index (χ0v) is 18.4. The number of imide groups is 1. The molecule has 0 aliphatic carbocycles. The number of aliphatic carboxylic acids is 1. The zero-order valence-electron chi connectivity index (χ0n) is 18.4. The number of nitrogens with zero attached hydrogens (tertiary/aromatic N) is 1. The summed E-state index contributed by atoms with van der Waals surface area (Å²) in [6.07, 6.45) is 1.46. The van der Waals surface area contributed by atoms with Crippen LogP contribution in [0.4, 0.5) is 10.1 Å².